The molecule has 0 aromatic rings. The summed E-state index contributed by atoms with van der Waals surface area (Å²) in [5.41, 5.74) is 0. The van der Waals surface area contributed by atoms with Crippen LogP contribution < -0.4 is 10.6 Å². The van der Waals surface area contributed by atoms with Gasteiger partial charge in [-0.05, 0) is 64.0 Å². The third-order valence-electron chi connectivity index (χ3n) is 5.14. The Balaban J connectivity index is 1.54. The summed E-state index contributed by atoms with van der Waals surface area (Å²) in [7, 11) is 0. The minimum atomic E-state index is 0.222. The van der Waals surface area contributed by atoms with Crippen LogP contribution in [-0.4, -0.2) is 49.6 Å². The van der Waals surface area contributed by atoms with E-state index in [9.17, 15) is 4.79 Å². The SMILES string of the molecule is CC1CC(C)CN(CCCCNC(=O)[C@H]2CCN[C@@H](C)C2)C1. The lowest BCUT2D eigenvalue weighted by Gasteiger charge is -2.35. The second kappa shape index (κ2) is 8.88. The molecule has 2 N–H and O–H groups in total. The number of nitrogens with one attached hydrogen (secondary N) is 2. The Morgan fingerprint density at radius 3 is 2.55 bits per heavy atom. The van der Waals surface area contributed by atoms with Crippen LogP contribution >= 0.6 is 0 Å². The Morgan fingerprint density at radius 1 is 1.14 bits per heavy atom. The quantitative estimate of drug-likeness (QED) is 0.740. The molecule has 4 atom stereocenters. The molecule has 2 fully saturated rings. The van der Waals surface area contributed by atoms with Crippen LogP contribution in [0.15, 0.2) is 0 Å². The molecule has 128 valence electrons. The van der Waals surface area contributed by atoms with Gasteiger partial charge in [-0.1, -0.05) is 13.8 Å². The molecule has 2 aliphatic heterocycles. The summed E-state index contributed by atoms with van der Waals surface area (Å²) < 4.78 is 0. The molecule has 0 saturated carbocycles. The fourth-order valence-electron chi connectivity index (χ4n) is 4.16. The minimum Gasteiger partial charge on any atom is -0.356 e. The molecule has 0 aromatic heterocycles. The largest absolute Gasteiger partial charge is 0.356 e. The van der Waals surface area contributed by atoms with Crippen molar-refractivity contribution in [3.63, 3.8) is 0 Å². The predicted octanol–water partition coefficient (Wildman–Crippen LogP) is 2.25. The molecule has 1 amide bonds. The Kier molecular flexibility index (Phi) is 7.16. The molecular weight excluding hydrogens is 274 g/mol. The van der Waals surface area contributed by atoms with Gasteiger partial charge in [0, 0.05) is 31.6 Å². The molecule has 0 bridgehead atoms. The average Bonchev–Trinajstić information content (AvgIpc) is 2.45. The normalized spacial score (nSPS) is 33.6. The van der Waals surface area contributed by atoms with Crippen molar-refractivity contribution in [2.75, 3.05) is 32.7 Å². The number of rotatable bonds is 6. The fraction of sp³-hybridized carbons (Fsp3) is 0.944. The summed E-state index contributed by atoms with van der Waals surface area (Å²) >= 11 is 0. The van der Waals surface area contributed by atoms with E-state index in [1.165, 1.54) is 32.5 Å². The Hall–Kier alpha value is -0.610. The van der Waals surface area contributed by atoms with Gasteiger partial charge in [0.05, 0.1) is 0 Å². The zero-order valence-corrected chi connectivity index (χ0v) is 14.7. The summed E-state index contributed by atoms with van der Waals surface area (Å²) in [5, 5.41) is 6.54. The topological polar surface area (TPSA) is 44.4 Å². The molecule has 2 aliphatic rings. The van der Waals surface area contributed by atoms with Crippen molar-refractivity contribution in [3.8, 4) is 0 Å². The van der Waals surface area contributed by atoms with Crippen molar-refractivity contribution in [2.45, 2.75) is 58.9 Å². The average molecular weight is 309 g/mol. The van der Waals surface area contributed by atoms with Crippen LogP contribution in [0.3, 0.4) is 0 Å². The number of piperidine rings is 2. The van der Waals surface area contributed by atoms with Gasteiger partial charge in [0.1, 0.15) is 0 Å². The van der Waals surface area contributed by atoms with E-state index in [0.29, 0.717) is 6.04 Å². The molecule has 0 radical (unpaired) electrons. The van der Waals surface area contributed by atoms with Crippen LogP contribution in [0.5, 0.6) is 0 Å². The van der Waals surface area contributed by atoms with Gasteiger partial charge in [-0.3, -0.25) is 4.79 Å². The first-order valence-electron chi connectivity index (χ1n) is 9.28. The highest BCUT2D eigenvalue weighted by Gasteiger charge is 2.24. The Bertz CT molecular complexity index is 337. The third kappa shape index (κ3) is 5.88. The van der Waals surface area contributed by atoms with E-state index in [2.05, 4.69) is 36.3 Å². The first kappa shape index (κ1) is 17.7. The number of nitrogens with zero attached hydrogens (tertiary/aromatic N) is 1. The van der Waals surface area contributed by atoms with E-state index in [-0.39, 0.29) is 11.8 Å². The Labute approximate surface area is 136 Å². The number of unbranched alkanes of at least 4 members (excludes halogenated alkanes) is 1. The van der Waals surface area contributed by atoms with Crippen molar-refractivity contribution in [3.05, 3.63) is 0 Å². The van der Waals surface area contributed by atoms with E-state index < -0.39 is 0 Å². The standard InChI is InChI=1S/C18H35N3O/c1-14-10-15(2)13-21(12-14)9-5-4-7-20-18(22)17-6-8-19-16(3)11-17/h14-17,19H,4-13H2,1-3H3,(H,20,22)/t14?,15?,16-,17-/m0/s1. The van der Waals surface area contributed by atoms with E-state index in [0.717, 1.165) is 44.2 Å². The highest BCUT2D eigenvalue weighted by molar-refractivity contribution is 5.78. The fourth-order valence-corrected chi connectivity index (χ4v) is 4.16. The number of hydrogen-bond acceptors (Lipinski definition) is 3. The summed E-state index contributed by atoms with van der Waals surface area (Å²) in [6.45, 7) is 12.4. The number of carbonyl (C=O) groups is 1. The molecule has 2 heterocycles. The molecule has 4 heteroatoms. The molecule has 2 saturated heterocycles. The van der Waals surface area contributed by atoms with Gasteiger partial charge in [-0.2, -0.15) is 0 Å². The van der Waals surface area contributed by atoms with E-state index in [4.69, 9.17) is 0 Å². The molecule has 2 unspecified atom stereocenters. The number of hydrogen-bond donors (Lipinski definition) is 2. The first-order chi connectivity index (χ1) is 10.5. The second-order valence-corrected chi connectivity index (χ2v) is 7.78. The van der Waals surface area contributed by atoms with Crippen LogP contribution in [0.25, 0.3) is 0 Å². The van der Waals surface area contributed by atoms with Gasteiger partial charge >= 0.3 is 0 Å². The summed E-state index contributed by atoms with van der Waals surface area (Å²) in [6, 6.07) is 0.479. The van der Waals surface area contributed by atoms with Crippen molar-refractivity contribution < 1.29 is 4.79 Å². The molecule has 0 aromatic carbocycles. The zero-order valence-electron chi connectivity index (χ0n) is 14.7. The zero-order chi connectivity index (χ0) is 15.9. The molecule has 0 aliphatic carbocycles. The van der Waals surface area contributed by atoms with Gasteiger partial charge in [0.2, 0.25) is 5.91 Å². The maximum Gasteiger partial charge on any atom is 0.223 e. The van der Waals surface area contributed by atoms with Gasteiger partial charge in [-0.25, -0.2) is 0 Å². The van der Waals surface area contributed by atoms with E-state index >= 15 is 0 Å². The van der Waals surface area contributed by atoms with Crippen LogP contribution in [0, 0.1) is 17.8 Å². The molecule has 2 rings (SSSR count). The highest BCUT2D eigenvalue weighted by atomic mass is 16.1. The number of likely N-dealkylation sites (tertiary alicyclic amines) is 1. The van der Waals surface area contributed by atoms with Gasteiger partial charge < -0.3 is 15.5 Å². The maximum atomic E-state index is 12.1. The van der Waals surface area contributed by atoms with Crippen molar-refractivity contribution >= 4 is 5.91 Å². The first-order valence-corrected chi connectivity index (χ1v) is 9.28. The summed E-state index contributed by atoms with van der Waals surface area (Å²) in [6.07, 6.45) is 5.64. The maximum absolute atomic E-state index is 12.1. The monoisotopic (exact) mass is 309 g/mol. The van der Waals surface area contributed by atoms with Crippen LogP contribution in [0.4, 0.5) is 0 Å². The second-order valence-electron chi connectivity index (χ2n) is 7.78. The molecule has 4 nitrogen and oxygen atoms in total. The third-order valence-corrected chi connectivity index (χ3v) is 5.14. The van der Waals surface area contributed by atoms with Crippen LogP contribution in [0.2, 0.25) is 0 Å². The molecule has 0 spiro atoms. The van der Waals surface area contributed by atoms with Gasteiger partial charge in [0.25, 0.3) is 0 Å². The van der Waals surface area contributed by atoms with Crippen LogP contribution in [0.1, 0.15) is 52.9 Å². The van der Waals surface area contributed by atoms with E-state index in [1.54, 1.807) is 0 Å². The lowest BCUT2D eigenvalue weighted by atomic mass is 9.92. The lowest BCUT2D eigenvalue weighted by Crippen LogP contribution is -2.42. The minimum absolute atomic E-state index is 0.222. The highest BCUT2D eigenvalue weighted by Crippen LogP contribution is 2.21. The summed E-state index contributed by atoms with van der Waals surface area (Å²) in [4.78, 5) is 14.8. The smallest absolute Gasteiger partial charge is 0.223 e. The predicted molar refractivity (Wildman–Crippen MR) is 91.8 cm³/mol. The molecule has 22 heavy (non-hydrogen) atoms. The Morgan fingerprint density at radius 2 is 1.86 bits per heavy atom. The summed E-state index contributed by atoms with van der Waals surface area (Å²) in [5.74, 6) is 2.17. The van der Waals surface area contributed by atoms with Crippen molar-refractivity contribution in [2.24, 2.45) is 17.8 Å². The number of amides is 1. The van der Waals surface area contributed by atoms with E-state index in [1.807, 2.05) is 0 Å². The van der Waals surface area contributed by atoms with Gasteiger partial charge in [-0.15, -0.1) is 0 Å². The van der Waals surface area contributed by atoms with Gasteiger partial charge in [0.15, 0.2) is 0 Å². The van der Waals surface area contributed by atoms with Crippen LogP contribution in [-0.2, 0) is 4.79 Å². The van der Waals surface area contributed by atoms with Crippen molar-refractivity contribution in [1.82, 2.24) is 15.5 Å². The van der Waals surface area contributed by atoms with Crippen molar-refractivity contribution in [1.29, 1.82) is 0 Å². The number of carbonyl (C=O) groups excluding carboxylic acids is 1. The lowest BCUT2D eigenvalue weighted by molar-refractivity contribution is -0.126. The molecular formula is C18H35N3O.